The highest BCUT2D eigenvalue weighted by Crippen LogP contribution is 2.45. The molecule has 3 heteroatoms. The molecule has 9 aromatic carbocycles. The number of para-hydroxylation sites is 2. The Morgan fingerprint density at radius 1 is 0.453 bits per heavy atom. The van der Waals surface area contributed by atoms with E-state index in [1.165, 1.54) is 10.8 Å². The summed E-state index contributed by atoms with van der Waals surface area (Å²) in [6, 6.07) is 56.1. The van der Waals surface area contributed by atoms with Crippen LogP contribution in [-0.4, -0.2) is 4.57 Å². The molecule has 0 aliphatic heterocycles. The lowest BCUT2D eigenvalue weighted by Crippen LogP contribution is -2.10. The van der Waals surface area contributed by atoms with Gasteiger partial charge in [0.1, 0.15) is 11.2 Å². The number of fused-ring (bicyclic) bond motifs is 9. The highest BCUT2D eigenvalue weighted by Gasteiger charge is 2.21. The minimum Gasteiger partial charge on any atom is -0.455 e. The van der Waals surface area contributed by atoms with E-state index in [1.54, 1.807) is 0 Å². The van der Waals surface area contributed by atoms with E-state index in [9.17, 15) is 5.48 Å². The lowest BCUT2D eigenvalue weighted by molar-refractivity contribution is 0.672. The number of rotatable bonds is 5. The molecule has 0 spiro atoms. The first-order valence-corrected chi connectivity index (χ1v) is 17.8. The van der Waals surface area contributed by atoms with Gasteiger partial charge in [0.15, 0.2) is 0 Å². The molecular weight excluding hydrogens is 645 g/mol. The molecule has 2 heterocycles. The molecule has 0 aliphatic carbocycles. The summed E-state index contributed by atoms with van der Waals surface area (Å²) < 4.78 is 47.2. The fourth-order valence-electron chi connectivity index (χ4n) is 8.06. The van der Waals surface area contributed by atoms with Crippen molar-refractivity contribution in [2.45, 2.75) is 0 Å². The number of anilines is 3. The maximum absolute atomic E-state index is 9.68. The Labute approximate surface area is 311 Å². The van der Waals surface area contributed by atoms with Crippen LogP contribution < -0.4 is 4.90 Å². The zero-order valence-electron chi connectivity index (χ0n) is 32.5. The number of hydrogen-bond acceptors (Lipinski definition) is 2. The monoisotopic (exact) mass is 680 g/mol. The van der Waals surface area contributed by atoms with Crippen molar-refractivity contribution in [3.05, 3.63) is 194 Å². The van der Waals surface area contributed by atoms with Crippen LogP contribution in [0.2, 0.25) is 0 Å². The number of hydrogen-bond donors (Lipinski definition) is 0. The third-order valence-corrected chi connectivity index (χ3v) is 10.4. The summed E-state index contributed by atoms with van der Waals surface area (Å²) in [4.78, 5) is 1.87. The second-order valence-electron chi connectivity index (χ2n) is 13.4. The Kier molecular flexibility index (Phi) is 5.71. The van der Waals surface area contributed by atoms with Crippen molar-refractivity contribution in [1.82, 2.24) is 4.57 Å². The van der Waals surface area contributed by atoms with Crippen LogP contribution in [0.3, 0.4) is 0 Å². The van der Waals surface area contributed by atoms with Gasteiger partial charge in [0.2, 0.25) is 0 Å². The van der Waals surface area contributed by atoms with E-state index in [0.717, 1.165) is 54.6 Å². The summed E-state index contributed by atoms with van der Waals surface area (Å²) >= 11 is 0. The quantitative estimate of drug-likeness (QED) is 0.180. The highest BCUT2D eigenvalue weighted by molar-refractivity contribution is 6.19. The molecular formula is C50H32N2O. The molecule has 0 aliphatic rings. The van der Waals surface area contributed by atoms with E-state index in [4.69, 9.17) is 4.42 Å². The summed E-state index contributed by atoms with van der Waals surface area (Å²) in [5, 5.41) is 7.93. The van der Waals surface area contributed by atoms with Crippen LogP contribution >= 0.6 is 0 Å². The summed E-state index contributed by atoms with van der Waals surface area (Å²) in [5.74, 6) is 0. The second kappa shape index (κ2) is 11.7. The van der Waals surface area contributed by atoms with Gasteiger partial charge in [-0.2, -0.15) is 0 Å². The second-order valence-corrected chi connectivity index (χ2v) is 13.4. The van der Waals surface area contributed by atoms with Crippen LogP contribution in [0.4, 0.5) is 17.1 Å². The van der Waals surface area contributed by atoms with Crippen molar-refractivity contribution in [2.24, 2.45) is 0 Å². The van der Waals surface area contributed by atoms with Crippen molar-refractivity contribution in [3.63, 3.8) is 0 Å². The smallest absolute Gasteiger partial charge is 0.143 e. The molecule has 0 N–H and O–H groups in total. The van der Waals surface area contributed by atoms with E-state index >= 15 is 0 Å². The maximum Gasteiger partial charge on any atom is 0.143 e. The molecule has 0 saturated carbocycles. The molecule has 0 amide bonds. The Morgan fingerprint density at radius 3 is 1.79 bits per heavy atom. The van der Waals surface area contributed by atoms with Crippen molar-refractivity contribution in [2.75, 3.05) is 4.90 Å². The molecule has 11 aromatic rings. The Morgan fingerprint density at radius 2 is 1.06 bits per heavy atom. The molecule has 2 aromatic heterocycles. The fraction of sp³-hybridized carbons (Fsp3) is 0. The number of benzene rings is 9. The van der Waals surface area contributed by atoms with E-state index in [2.05, 4.69) is 89.5 Å². The largest absolute Gasteiger partial charge is 0.455 e. The molecule has 0 radical (unpaired) electrons. The predicted molar refractivity (Wildman–Crippen MR) is 223 cm³/mol. The van der Waals surface area contributed by atoms with E-state index in [0.29, 0.717) is 22.5 Å². The summed E-state index contributed by atoms with van der Waals surface area (Å²) in [7, 11) is 0. The summed E-state index contributed by atoms with van der Waals surface area (Å²) in [6.07, 6.45) is 0. The highest BCUT2D eigenvalue weighted by atomic mass is 16.3. The van der Waals surface area contributed by atoms with Gasteiger partial charge in [-0.3, -0.25) is 0 Å². The first-order valence-electron chi connectivity index (χ1n) is 19.8. The molecule has 0 unspecified atom stereocenters. The zero-order valence-corrected chi connectivity index (χ0v) is 28.5. The van der Waals surface area contributed by atoms with Gasteiger partial charge in [-0.05, 0) is 94.0 Å². The minimum atomic E-state index is -0.138. The van der Waals surface area contributed by atoms with Gasteiger partial charge in [-0.15, -0.1) is 0 Å². The summed E-state index contributed by atoms with van der Waals surface area (Å²) in [5.41, 5.74) is 7.01. The van der Waals surface area contributed by atoms with Crippen LogP contribution in [-0.2, 0) is 0 Å². The minimum absolute atomic E-state index is 0.107. The molecule has 3 nitrogen and oxygen atoms in total. The van der Waals surface area contributed by atoms with Gasteiger partial charge in [0, 0.05) is 38.6 Å². The standard InChI is InChI=1S/C50H32N2O/c1-3-14-39-33(11-1)13-9-18-40(39)35-23-26-36(27-24-35)51(47-21-10-22-48-49(47)44-32-25-34-12-2-4-15-41(34)50(44)53-48)37-28-30-38(31-29-37)52-45-19-7-5-16-42(45)43-17-6-8-20-46(43)52/h1-32H/i23D,24D,26D,27D. The van der Waals surface area contributed by atoms with E-state index in [-0.39, 0.29) is 35.4 Å². The van der Waals surface area contributed by atoms with Crippen LogP contribution in [0, 0.1) is 0 Å². The first-order chi connectivity index (χ1) is 28.0. The third kappa shape index (κ3) is 4.61. The normalized spacial score (nSPS) is 12.8. The zero-order chi connectivity index (χ0) is 38.4. The van der Waals surface area contributed by atoms with Crippen LogP contribution in [0.1, 0.15) is 5.48 Å². The van der Waals surface area contributed by atoms with Crippen molar-refractivity contribution in [3.8, 4) is 16.8 Å². The molecule has 11 rings (SSSR count). The van der Waals surface area contributed by atoms with Crippen molar-refractivity contribution >= 4 is 82.4 Å². The predicted octanol–water partition coefficient (Wildman–Crippen LogP) is 14.1. The van der Waals surface area contributed by atoms with Crippen molar-refractivity contribution < 1.29 is 9.90 Å². The lowest BCUT2D eigenvalue weighted by atomic mass is 9.98. The van der Waals surface area contributed by atoms with Gasteiger partial charge < -0.3 is 13.9 Å². The number of aromatic nitrogens is 1. The van der Waals surface area contributed by atoms with Crippen molar-refractivity contribution in [1.29, 1.82) is 0 Å². The Bertz CT molecular complexity index is 3330. The molecule has 248 valence electrons. The van der Waals surface area contributed by atoms with Gasteiger partial charge in [-0.25, -0.2) is 0 Å². The van der Waals surface area contributed by atoms with Crippen LogP contribution in [0.5, 0.6) is 0 Å². The lowest BCUT2D eigenvalue weighted by Gasteiger charge is -2.27. The van der Waals surface area contributed by atoms with E-state index < -0.39 is 0 Å². The van der Waals surface area contributed by atoms with Gasteiger partial charge in [-0.1, -0.05) is 127 Å². The fourth-order valence-corrected chi connectivity index (χ4v) is 8.06. The summed E-state index contributed by atoms with van der Waals surface area (Å²) in [6.45, 7) is 0. The van der Waals surface area contributed by atoms with Crippen LogP contribution in [0.25, 0.3) is 82.1 Å². The SMILES string of the molecule is [2H]c1c([2H])c(N(c2ccc(-n3c4ccccc4c4ccccc43)cc2)c2cccc3oc4c5ccccc5ccc4c23)c([2H])c([2H])c1-c1cccc2ccccc12. The Hall–Kier alpha value is -7.10. The Balaban J connectivity index is 1.18. The average molecular weight is 681 g/mol. The topological polar surface area (TPSA) is 21.3 Å². The number of furan rings is 1. The third-order valence-electron chi connectivity index (χ3n) is 10.4. The molecule has 0 bridgehead atoms. The van der Waals surface area contributed by atoms with Gasteiger partial charge in [0.05, 0.1) is 27.6 Å². The average Bonchev–Trinajstić information content (AvgIpc) is 3.81. The van der Waals surface area contributed by atoms with Gasteiger partial charge >= 0.3 is 0 Å². The number of nitrogens with zero attached hydrogens (tertiary/aromatic N) is 2. The molecule has 0 fully saturated rings. The van der Waals surface area contributed by atoms with Gasteiger partial charge in [0.25, 0.3) is 0 Å². The molecule has 0 atom stereocenters. The van der Waals surface area contributed by atoms with E-state index in [1.807, 2.05) is 89.8 Å². The molecule has 53 heavy (non-hydrogen) atoms. The first kappa shape index (κ1) is 25.8. The molecule has 0 saturated heterocycles. The maximum atomic E-state index is 9.68. The van der Waals surface area contributed by atoms with Crippen LogP contribution in [0.15, 0.2) is 198 Å².